The molecule has 0 bridgehead atoms. The summed E-state index contributed by atoms with van der Waals surface area (Å²) < 4.78 is 0. The lowest BCUT2D eigenvalue weighted by Crippen LogP contribution is -2.60. The van der Waals surface area contributed by atoms with E-state index in [1.165, 1.54) is 0 Å². The fraction of sp³-hybridized carbons (Fsp3) is 0.846. The van der Waals surface area contributed by atoms with Crippen LogP contribution in [0.5, 0.6) is 0 Å². The van der Waals surface area contributed by atoms with Crippen molar-refractivity contribution in [3.63, 3.8) is 0 Å². The zero-order valence-electron chi connectivity index (χ0n) is 11.6. The topological polar surface area (TPSA) is 98.2 Å². The molecule has 0 aromatic carbocycles. The van der Waals surface area contributed by atoms with E-state index in [1.807, 2.05) is 0 Å². The van der Waals surface area contributed by atoms with Crippen molar-refractivity contribution in [2.75, 3.05) is 0 Å². The van der Waals surface area contributed by atoms with Crippen molar-refractivity contribution in [3.05, 3.63) is 0 Å². The number of hydrogen-bond acceptors (Lipinski definition) is 3. The second-order valence-electron chi connectivity index (χ2n) is 6.34. The maximum absolute atomic E-state index is 12.3. The molecule has 0 heterocycles. The van der Waals surface area contributed by atoms with E-state index >= 15 is 0 Å². The summed E-state index contributed by atoms with van der Waals surface area (Å²) >= 11 is 0. The average Bonchev–Trinajstić information content (AvgIpc) is 2.13. The Morgan fingerprint density at radius 2 is 2.06 bits per heavy atom. The summed E-state index contributed by atoms with van der Waals surface area (Å²) in [4.78, 5) is 23.2. The summed E-state index contributed by atoms with van der Waals surface area (Å²) in [7, 11) is 0. The minimum atomic E-state index is -0.799. The molecule has 1 saturated carbocycles. The van der Waals surface area contributed by atoms with Gasteiger partial charge in [0.05, 0.1) is 5.54 Å². The molecule has 2 atom stereocenters. The van der Waals surface area contributed by atoms with Gasteiger partial charge in [-0.05, 0) is 32.6 Å². The van der Waals surface area contributed by atoms with Crippen LogP contribution in [-0.4, -0.2) is 22.9 Å². The van der Waals surface area contributed by atoms with Gasteiger partial charge in [0.25, 0.3) is 0 Å². The van der Waals surface area contributed by atoms with Crippen molar-refractivity contribution in [2.45, 2.75) is 64.0 Å². The molecule has 1 fully saturated rings. The highest BCUT2D eigenvalue weighted by Crippen LogP contribution is 2.31. The van der Waals surface area contributed by atoms with E-state index < -0.39 is 17.0 Å². The van der Waals surface area contributed by atoms with Crippen molar-refractivity contribution >= 4 is 11.8 Å². The molecule has 2 unspecified atom stereocenters. The molecule has 5 heteroatoms. The number of carbonyl (C=O) groups excluding carboxylic acids is 2. The Balaban J connectivity index is 2.66. The highest BCUT2D eigenvalue weighted by molar-refractivity contribution is 5.87. The molecule has 0 aromatic heterocycles. The Morgan fingerprint density at radius 3 is 2.56 bits per heavy atom. The van der Waals surface area contributed by atoms with Crippen molar-refractivity contribution in [1.82, 2.24) is 5.32 Å². The highest BCUT2D eigenvalue weighted by Gasteiger charge is 2.40. The number of amides is 2. The molecule has 1 rings (SSSR count). The first kappa shape index (κ1) is 15.0. The summed E-state index contributed by atoms with van der Waals surface area (Å²) in [5, 5.41) is 2.85. The zero-order valence-corrected chi connectivity index (χ0v) is 11.6. The van der Waals surface area contributed by atoms with Gasteiger partial charge in [0.1, 0.15) is 0 Å². The van der Waals surface area contributed by atoms with Crippen molar-refractivity contribution in [3.8, 4) is 0 Å². The lowest BCUT2D eigenvalue weighted by Gasteiger charge is -2.38. The third kappa shape index (κ3) is 3.98. The molecular formula is C13H25N3O2. The number of nitrogens with two attached hydrogens (primary N) is 2. The van der Waals surface area contributed by atoms with Gasteiger partial charge in [-0.15, -0.1) is 0 Å². The Hall–Kier alpha value is -1.10. The molecular weight excluding hydrogens is 230 g/mol. The maximum Gasteiger partial charge on any atom is 0.240 e. The Morgan fingerprint density at radius 1 is 1.44 bits per heavy atom. The normalized spacial score (nSPS) is 28.8. The van der Waals surface area contributed by atoms with Crippen LogP contribution >= 0.6 is 0 Å². The monoisotopic (exact) mass is 255 g/mol. The summed E-state index contributed by atoms with van der Waals surface area (Å²) in [5.74, 6) is -0.127. The van der Waals surface area contributed by atoms with Crippen molar-refractivity contribution < 1.29 is 9.59 Å². The molecule has 104 valence electrons. The first-order valence-electron chi connectivity index (χ1n) is 6.54. The maximum atomic E-state index is 12.3. The van der Waals surface area contributed by atoms with Gasteiger partial charge in [0, 0.05) is 12.0 Å². The predicted octanol–water partition coefficient (Wildman–Crippen LogP) is 0.664. The van der Waals surface area contributed by atoms with Crippen LogP contribution in [0.25, 0.3) is 0 Å². The third-order valence-corrected chi connectivity index (χ3v) is 3.55. The molecule has 0 spiro atoms. The lowest BCUT2D eigenvalue weighted by atomic mass is 9.76. The summed E-state index contributed by atoms with van der Waals surface area (Å²) in [6.45, 7) is 5.68. The molecule has 0 aromatic rings. The predicted molar refractivity (Wildman–Crippen MR) is 70.6 cm³/mol. The van der Waals surface area contributed by atoms with Crippen LogP contribution in [0.3, 0.4) is 0 Å². The van der Waals surface area contributed by atoms with Gasteiger partial charge >= 0.3 is 0 Å². The zero-order chi connectivity index (χ0) is 14.0. The van der Waals surface area contributed by atoms with Crippen LogP contribution in [0.2, 0.25) is 0 Å². The molecule has 18 heavy (non-hydrogen) atoms. The van der Waals surface area contributed by atoms with Crippen LogP contribution in [0.15, 0.2) is 0 Å². The first-order valence-corrected chi connectivity index (χ1v) is 6.54. The van der Waals surface area contributed by atoms with Gasteiger partial charge in [-0.25, -0.2) is 0 Å². The Bertz CT molecular complexity index is 341. The van der Waals surface area contributed by atoms with Crippen LogP contribution in [0.1, 0.15) is 52.9 Å². The standard InChI is InChI=1S/C13H25N3O2/c1-9-5-4-6-13(15,7-9)11(18)16-12(2,3)8-10(14)17/h9H,4-8,15H2,1-3H3,(H2,14,17)(H,16,18). The molecule has 0 radical (unpaired) electrons. The fourth-order valence-electron chi connectivity index (χ4n) is 2.71. The smallest absolute Gasteiger partial charge is 0.240 e. The third-order valence-electron chi connectivity index (χ3n) is 3.55. The van der Waals surface area contributed by atoms with E-state index in [9.17, 15) is 9.59 Å². The molecule has 1 aliphatic carbocycles. The molecule has 5 N–H and O–H groups in total. The minimum Gasteiger partial charge on any atom is -0.370 e. The summed E-state index contributed by atoms with van der Waals surface area (Å²) in [6.07, 6.45) is 3.62. The van der Waals surface area contributed by atoms with Gasteiger partial charge in [-0.2, -0.15) is 0 Å². The van der Waals surface area contributed by atoms with Gasteiger partial charge in [0.2, 0.25) is 11.8 Å². The molecule has 2 amide bonds. The Labute approximate surface area is 109 Å². The van der Waals surface area contributed by atoms with Crippen molar-refractivity contribution in [1.29, 1.82) is 0 Å². The highest BCUT2D eigenvalue weighted by atomic mass is 16.2. The van der Waals surface area contributed by atoms with E-state index in [0.29, 0.717) is 18.8 Å². The number of carbonyl (C=O) groups is 2. The SMILES string of the molecule is CC1CCCC(N)(C(=O)NC(C)(C)CC(N)=O)C1. The molecule has 0 aliphatic heterocycles. The Kier molecular flexibility index (Phi) is 4.37. The quantitative estimate of drug-likeness (QED) is 0.688. The number of primary amides is 1. The van der Waals surface area contributed by atoms with Gasteiger partial charge in [0.15, 0.2) is 0 Å². The number of rotatable bonds is 4. The number of hydrogen-bond donors (Lipinski definition) is 3. The fourth-order valence-corrected chi connectivity index (χ4v) is 2.71. The molecule has 0 saturated heterocycles. The van der Waals surface area contributed by atoms with Crippen LogP contribution in [0.4, 0.5) is 0 Å². The van der Waals surface area contributed by atoms with E-state index in [4.69, 9.17) is 11.5 Å². The second-order valence-corrected chi connectivity index (χ2v) is 6.34. The average molecular weight is 255 g/mol. The van der Waals surface area contributed by atoms with Gasteiger partial charge < -0.3 is 16.8 Å². The van der Waals surface area contributed by atoms with Crippen LogP contribution < -0.4 is 16.8 Å². The van der Waals surface area contributed by atoms with Crippen LogP contribution in [0, 0.1) is 5.92 Å². The minimum absolute atomic E-state index is 0.115. The first-order chi connectivity index (χ1) is 8.15. The summed E-state index contributed by atoms with van der Waals surface area (Å²) in [5.41, 5.74) is 9.93. The van der Waals surface area contributed by atoms with E-state index in [2.05, 4.69) is 12.2 Å². The van der Waals surface area contributed by atoms with Crippen molar-refractivity contribution in [2.24, 2.45) is 17.4 Å². The van der Waals surface area contributed by atoms with E-state index in [0.717, 1.165) is 12.8 Å². The lowest BCUT2D eigenvalue weighted by molar-refractivity contribution is -0.130. The molecule has 1 aliphatic rings. The van der Waals surface area contributed by atoms with Gasteiger partial charge in [-0.1, -0.05) is 19.8 Å². The van der Waals surface area contributed by atoms with Crippen LogP contribution in [-0.2, 0) is 9.59 Å². The molecule has 5 nitrogen and oxygen atoms in total. The van der Waals surface area contributed by atoms with Gasteiger partial charge in [-0.3, -0.25) is 9.59 Å². The second kappa shape index (κ2) is 5.26. The largest absolute Gasteiger partial charge is 0.370 e. The van der Waals surface area contributed by atoms with E-state index in [-0.39, 0.29) is 12.3 Å². The summed E-state index contributed by atoms with van der Waals surface area (Å²) in [6, 6.07) is 0. The number of nitrogens with one attached hydrogen (secondary N) is 1. The van der Waals surface area contributed by atoms with E-state index in [1.54, 1.807) is 13.8 Å².